The third kappa shape index (κ3) is 2.02. The summed E-state index contributed by atoms with van der Waals surface area (Å²) in [5, 5.41) is 14.6. The summed E-state index contributed by atoms with van der Waals surface area (Å²) in [7, 11) is 1.88. The number of aliphatic hydroxyl groups is 1. The first-order valence-electron chi connectivity index (χ1n) is 5.23. The van der Waals surface area contributed by atoms with Gasteiger partial charge in [-0.2, -0.15) is 5.10 Å². The summed E-state index contributed by atoms with van der Waals surface area (Å²) >= 11 is 0. The molecule has 1 atom stereocenters. The zero-order valence-electron chi connectivity index (χ0n) is 9.77. The van der Waals surface area contributed by atoms with Gasteiger partial charge in [0.15, 0.2) is 0 Å². The quantitative estimate of drug-likeness (QED) is 0.857. The summed E-state index contributed by atoms with van der Waals surface area (Å²) in [4.78, 5) is 0. The van der Waals surface area contributed by atoms with Crippen molar-refractivity contribution in [1.29, 1.82) is 0 Å². The smallest absolute Gasteiger partial charge is 0.0963 e. The molecule has 0 aromatic carbocycles. The van der Waals surface area contributed by atoms with Crippen molar-refractivity contribution in [1.82, 2.24) is 9.78 Å². The maximum absolute atomic E-state index is 10.4. The Morgan fingerprint density at radius 3 is 2.81 bits per heavy atom. The zero-order chi connectivity index (χ0) is 11.8. The first kappa shape index (κ1) is 11.0. The van der Waals surface area contributed by atoms with E-state index >= 15 is 0 Å². The molecule has 0 radical (unpaired) electrons. The highest BCUT2D eigenvalue weighted by molar-refractivity contribution is 5.20. The van der Waals surface area contributed by atoms with E-state index in [0.29, 0.717) is 6.42 Å². The van der Waals surface area contributed by atoms with Crippen molar-refractivity contribution in [2.45, 2.75) is 25.9 Å². The molecule has 0 saturated carbocycles. The molecule has 0 saturated heterocycles. The van der Waals surface area contributed by atoms with Crippen LogP contribution in [0, 0.1) is 6.92 Å². The van der Waals surface area contributed by atoms with Gasteiger partial charge in [0, 0.05) is 24.7 Å². The van der Waals surface area contributed by atoms with Crippen LogP contribution in [0.2, 0.25) is 0 Å². The molecule has 0 aliphatic carbocycles. The Hall–Kier alpha value is -1.55. The lowest BCUT2D eigenvalue weighted by Crippen LogP contribution is -2.24. The van der Waals surface area contributed by atoms with Gasteiger partial charge in [-0.3, -0.25) is 4.68 Å². The van der Waals surface area contributed by atoms with Crippen molar-refractivity contribution in [2.24, 2.45) is 7.05 Å². The highest BCUT2D eigenvalue weighted by Crippen LogP contribution is 2.25. The van der Waals surface area contributed by atoms with Gasteiger partial charge in [0.25, 0.3) is 0 Å². The van der Waals surface area contributed by atoms with Crippen LogP contribution in [0.25, 0.3) is 0 Å². The van der Waals surface area contributed by atoms with E-state index in [9.17, 15) is 5.11 Å². The molecule has 0 bridgehead atoms. The molecule has 2 heterocycles. The third-order valence-electron chi connectivity index (χ3n) is 2.77. The summed E-state index contributed by atoms with van der Waals surface area (Å²) in [5.74, 6) is 0. The molecule has 1 unspecified atom stereocenters. The van der Waals surface area contributed by atoms with Gasteiger partial charge in [-0.05, 0) is 26.0 Å². The van der Waals surface area contributed by atoms with E-state index in [0.717, 1.165) is 17.0 Å². The zero-order valence-corrected chi connectivity index (χ0v) is 9.77. The van der Waals surface area contributed by atoms with Crippen molar-refractivity contribution in [3.63, 3.8) is 0 Å². The van der Waals surface area contributed by atoms with Crippen molar-refractivity contribution in [3.05, 3.63) is 41.6 Å². The predicted octanol–water partition coefficient (Wildman–Crippen LogP) is 1.77. The molecule has 2 rings (SSSR count). The number of hydrogen-bond acceptors (Lipinski definition) is 3. The molecule has 2 aromatic rings. The van der Waals surface area contributed by atoms with Crippen LogP contribution in [0.15, 0.2) is 29.1 Å². The second-order valence-electron chi connectivity index (χ2n) is 4.36. The topological polar surface area (TPSA) is 51.2 Å². The van der Waals surface area contributed by atoms with Crippen LogP contribution >= 0.6 is 0 Å². The lowest BCUT2D eigenvalue weighted by Gasteiger charge is -2.21. The fourth-order valence-electron chi connectivity index (χ4n) is 1.86. The van der Waals surface area contributed by atoms with Gasteiger partial charge in [0.1, 0.15) is 0 Å². The largest absolute Gasteiger partial charge is 0.472 e. The van der Waals surface area contributed by atoms with E-state index in [2.05, 4.69) is 5.10 Å². The minimum atomic E-state index is -0.923. The molecule has 1 N–H and O–H groups in total. The maximum atomic E-state index is 10.4. The second-order valence-corrected chi connectivity index (χ2v) is 4.36. The van der Waals surface area contributed by atoms with Gasteiger partial charge in [-0.25, -0.2) is 0 Å². The molecule has 0 aliphatic heterocycles. The van der Waals surface area contributed by atoms with E-state index in [1.807, 2.05) is 20.0 Å². The monoisotopic (exact) mass is 220 g/mol. The van der Waals surface area contributed by atoms with E-state index < -0.39 is 5.60 Å². The van der Waals surface area contributed by atoms with Crippen LogP contribution in [0.3, 0.4) is 0 Å². The van der Waals surface area contributed by atoms with Gasteiger partial charge in [0.2, 0.25) is 0 Å². The average Bonchev–Trinajstić information content (AvgIpc) is 2.76. The molecule has 0 fully saturated rings. The lowest BCUT2D eigenvalue weighted by molar-refractivity contribution is 0.0550. The van der Waals surface area contributed by atoms with Crippen molar-refractivity contribution in [2.75, 3.05) is 0 Å². The molecular weight excluding hydrogens is 204 g/mol. The van der Waals surface area contributed by atoms with E-state index in [-0.39, 0.29) is 0 Å². The predicted molar refractivity (Wildman–Crippen MR) is 59.9 cm³/mol. The van der Waals surface area contributed by atoms with Crippen LogP contribution in [-0.2, 0) is 19.1 Å². The number of rotatable bonds is 3. The van der Waals surface area contributed by atoms with Gasteiger partial charge >= 0.3 is 0 Å². The average molecular weight is 220 g/mol. The Morgan fingerprint density at radius 2 is 2.31 bits per heavy atom. The Kier molecular flexibility index (Phi) is 2.59. The van der Waals surface area contributed by atoms with Crippen molar-refractivity contribution < 1.29 is 9.52 Å². The normalized spacial score (nSPS) is 15.0. The highest BCUT2D eigenvalue weighted by Gasteiger charge is 2.26. The van der Waals surface area contributed by atoms with Gasteiger partial charge in [-0.1, -0.05) is 0 Å². The molecule has 0 aliphatic rings. The van der Waals surface area contributed by atoms with Gasteiger partial charge < -0.3 is 9.52 Å². The fourth-order valence-corrected chi connectivity index (χ4v) is 1.86. The summed E-state index contributed by atoms with van der Waals surface area (Å²) < 4.78 is 6.79. The number of furan rings is 1. The standard InChI is InChI=1S/C12H16N2O2/c1-9-6-11(14(3)13-9)7-12(2,15)10-4-5-16-8-10/h4-6,8,15H,7H2,1-3H3. The van der Waals surface area contributed by atoms with Crippen LogP contribution in [0.4, 0.5) is 0 Å². The lowest BCUT2D eigenvalue weighted by atomic mass is 9.93. The fraction of sp³-hybridized carbons (Fsp3) is 0.417. The minimum absolute atomic E-state index is 0.518. The Labute approximate surface area is 94.5 Å². The van der Waals surface area contributed by atoms with Crippen molar-refractivity contribution >= 4 is 0 Å². The summed E-state index contributed by atoms with van der Waals surface area (Å²) in [6, 6.07) is 3.76. The van der Waals surface area contributed by atoms with Crippen molar-refractivity contribution in [3.8, 4) is 0 Å². The Bertz CT molecular complexity index is 469. The van der Waals surface area contributed by atoms with E-state index in [1.165, 1.54) is 0 Å². The van der Waals surface area contributed by atoms with E-state index in [4.69, 9.17) is 4.42 Å². The summed E-state index contributed by atoms with van der Waals surface area (Å²) in [6.45, 7) is 3.72. The van der Waals surface area contributed by atoms with Crippen LogP contribution < -0.4 is 0 Å². The van der Waals surface area contributed by atoms with Crippen LogP contribution in [0.5, 0.6) is 0 Å². The van der Waals surface area contributed by atoms with Gasteiger partial charge in [-0.15, -0.1) is 0 Å². The summed E-state index contributed by atoms with van der Waals surface area (Å²) in [6.07, 6.45) is 3.66. The number of aryl methyl sites for hydroxylation is 2. The number of nitrogens with zero attached hydrogens (tertiary/aromatic N) is 2. The second kappa shape index (κ2) is 3.79. The molecule has 86 valence electrons. The minimum Gasteiger partial charge on any atom is -0.472 e. The summed E-state index contributed by atoms with van der Waals surface area (Å²) in [5.41, 5.74) is 1.82. The molecule has 4 nitrogen and oxygen atoms in total. The molecule has 2 aromatic heterocycles. The number of aromatic nitrogens is 2. The Balaban J connectivity index is 2.24. The maximum Gasteiger partial charge on any atom is 0.0963 e. The van der Waals surface area contributed by atoms with Crippen LogP contribution in [0.1, 0.15) is 23.9 Å². The first-order valence-corrected chi connectivity index (χ1v) is 5.23. The van der Waals surface area contributed by atoms with Gasteiger partial charge in [0.05, 0.1) is 23.8 Å². The third-order valence-corrected chi connectivity index (χ3v) is 2.77. The highest BCUT2D eigenvalue weighted by atomic mass is 16.3. The number of hydrogen-bond donors (Lipinski definition) is 1. The molecule has 0 amide bonds. The molecule has 16 heavy (non-hydrogen) atoms. The SMILES string of the molecule is Cc1cc(CC(C)(O)c2ccoc2)n(C)n1. The molecular formula is C12H16N2O2. The molecule has 4 heteroatoms. The van der Waals surface area contributed by atoms with Crippen LogP contribution in [-0.4, -0.2) is 14.9 Å². The molecule has 0 spiro atoms. The first-order chi connectivity index (χ1) is 7.49. The Morgan fingerprint density at radius 1 is 1.56 bits per heavy atom. The van der Waals surface area contributed by atoms with E-state index in [1.54, 1.807) is 30.2 Å².